The van der Waals surface area contributed by atoms with Gasteiger partial charge in [0.2, 0.25) is 0 Å². The SMILES string of the molecule is CC(NC(=O)c1ccc2c(c1)C(=O)N(CC1CCCO1)C2=O)C12CC3CC(CC(C3)C1)C2. The molecule has 1 aromatic carbocycles. The molecule has 2 unspecified atom stereocenters. The zero-order chi connectivity index (χ0) is 22.0. The van der Waals surface area contributed by atoms with Crippen LogP contribution in [-0.2, 0) is 4.74 Å². The Bertz CT molecular complexity index is 945. The molecule has 6 aliphatic rings. The maximum atomic E-state index is 13.2. The standard InChI is InChI=1S/C26H32N2O4/c1-15(26-11-16-7-17(12-26)9-18(8-16)13-26)27-23(29)19-4-5-21-22(10-19)25(31)28(24(21)30)14-20-3-2-6-32-20/h4-5,10,15-18,20H,2-3,6-9,11-14H2,1H3,(H,27,29). The number of hydrogen-bond donors (Lipinski definition) is 1. The number of rotatable bonds is 5. The second kappa shape index (κ2) is 7.41. The number of nitrogens with one attached hydrogen (secondary N) is 1. The van der Waals surface area contributed by atoms with Gasteiger partial charge < -0.3 is 10.1 Å². The molecule has 0 radical (unpaired) electrons. The number of nitrogens with zero attached hydrogens (tertiary/aromatic N) is 1. The summed E-state index contributed by atoms with van der Waals surface area (Å²) in [4.78, 5) is 40.1. The molecule has 3 amide bonds. The number of benzene rings is 1. The Morgan fingerprint density at radius 2 is 1.75 bits per heavy atom. The molecule has 2 aliphatic heterocycles. The van der Waals surface area contributed by atoms with Crippen molar-refractivity contribution in [2.45, 2.75) is 70.4 Å². The van der Waals surface area contributed by atoms with Crippen LogP contribution in [0.5, 0.6) is 0 Å². The molecule has 4 saturated carbocycles. The van der Waals surface area contributed by atoms with Crippen molar-refractivity contribution >= 4 is 17.7 Å². The van der Waals surface area contributed by atoms with Gasteiger partial charge in [-0.3, -0.25) is 19.3 Å². The Balaban J connectivity index is 1.17. The zero-order valence-electron chi connectivity index (χ0n) is 18.8. The summed E-state index contributed by atoms with van der Waals surface area (Å²) in [6.07, 6.45) is 9.57. The molecular formula is C26H32N2O4. The molecule has 4 aliphatic carbocycles. The van der Waals surface area contributed by atoms with E-state index in [2.05, 4.69) is 12.2 Å². The second-order valence-electron chi connectivity index (χ2n) is 11.1. The van der Waals surface area contributed by atoms with Crippen molar-refractivity contribution in [3.8, 4) is 0 Å². The molecule has 1 aromatic rings. The second-order valence-corrected chi connectivity index (χ2v) is 11.1. The van der Waals surface area contributed by atoms with Crippen molar-refractivity contribution in [1.82, 2.24) is 10.2 Å². The smallest absolute Gasteiger partial charge is 0.261 e. The number of carbonyl (C=O) groups is 3. The first-order chi connectivity index (χ1) is 15.4. The van der Waals surface area contributed by atoms with E-state index in [9.17, 15) is 14.4 Å². The Labute approximate surface area is 189 Å². The fourth-order valence-corrected chi connectivity index (χ4v) is 7.73. The van der Waals surface area contributed by atoms with Gasteiger partial charge in [-0.05, 0) is 99.7 Å². The van der Waals surface area contributed by atoms with Gasteiger partial charge in [0.15, 0.2) is 0 Å². The van der Waals surface area contributed by atoms with E-state index in [0.717, 1.165) is 30.6 Å². The average molecular weight is 437 g/mol. The normalized spacial score (nSPS) is 36.0. The fraction of sp³-hybridized carbons (Fsp3) is 0.654. The molecule has 4 bridgehead atoms. The topological polar surface area (TPSA) is 75.7 Å². The zero-order valence-corrected chi connectivity index (χ0v) is 18.8. The fourth-order valence-electron chi connectivity index (χ4n) is 7.73. The van der Waals surface area contributed by atoms with Crippen LogP contribution in [0.3, 0.4) is 0 Å². The highest BCUT2D eigenvalue weighted by molar-refractivity contribution is 6.22. The molecular weight excluding hydrogens is 404 g/mol. The van der Waals surface area contributed by atoms with Gasteiger partial charge in [-0.1, -0.05) is 0 Å². The summed E-state index contributed by atoms with van der Waals surface area (Å²) in [5.41, 5.74) is 1.41. The van der Waals surface area contributed by atoms with Crippen LogP contribution in [0.15, 0.2) is 18.2 Å². The molecule has 7 rings (SSSR count). The summed E-state index contributed by atoms with van der Waals surface area (Å²) >= 11 is 0. The lowest BCUT2D eigenvalue weighted by molar-refractivity contribution is -0.0688. The molecule has 2 atom stereocenters. The lowest BCUT2D eigenvalue weighted by atomic mass is 9.48. The number of hydrogen-bond acceptors (Lipinski definition) is 4. The van der Waals surface area contributed by atoms with Gasteiger partial charge >= 0.3 is 0 Å². The van der Waals surface area contributed by atoms with E-state index < -0.39 is 0 Å². The van der Waals surface area contributed by atoms with E-state index in [4.69, 9.17) is 4.74 Å². The molecule has 1 saturated heterocycles. The lowest BCUT2D eigenvalue weighted by Gasteiger charge is -2.59. The third-order valence-corrected chi connectivity index (χ3v) is 8.99. The van der Waals surface area contributed by atoms with Crippen molar-refractivity contribution in [3.63, 3.8) is 0 Å². The van der Waals surface area contributed by atoms with Crippen LogP contribution in [0, 0.1) is 23.2 Å². The lowest BCUT2D eigenvalue weighted by Crippen LogP contribution is -2.55. The number of ether oxygens (including phenoxy) is 1. The van der Waals surface area contributed by atoms with Crippen molar-refractivity contribution < 1.29 is 19.1 Å². The van der Waals surface area contributed by atoms with Crippen LogP contribution >= 0.6 is 0 Å². The highest BCUT2D eigenvalue weighted by atomic mass is 16.5. The highest BCUT2D eigenvalue weighted by Crippen LogP contribution is 2.61. The van der Waals surface area contributed by atoms with Crippen LogP contribution in [0.2, 0.25) is 0 Å². The number of carbonyl (C=O) groups excluding carboxylic acids is 3. The number of imide groups is 1. The monoisotopic (exact) mass is 436 g/mol. The van der Waals surface area contributed by atoms with E-state index in [1.54, 1.807) is 18.2 Å². The third kappa shape index (κ3) is 3.21. The summed E-state index contributed by atoms with van der Waals surface area (Å²) in [6.45, 7) is 3.13. The molecule has 0 aromatic heterocycles. The van der Waals surface area contributed by atoms with E-state index in [1.807, 2.05) is 0 Å². The predicted molar refractivity (Wildman–Crippen MR) is 118 cm³/mol. The van der Waals surface area contributed by atoms with Gasteiger partial charge in [0.1, 0.15) is 0 Å². The maximum Gasteiger partial charge on any atom is 0.261 e. The average Bonchev–Trinajstić information content (AvgIpc) is 3.35. The van der Waals surface area contributed by atoms with E-state index >= 15 is 0 Å². The van der Waals surface area contributed by atoms with Crippen molar-refractivity contribution in [2.75, 3.05) is 13.2 Å². The van der Waals surface area contributed by atoms with Crippen molar-refractivity contribution in [1.29, 1.82) is 0 Å². The first-order valence-electron chi connectivity index (χ1n) is 12.3. The van der Waals surface area contributed by atoms with Crippen LogP contribution in [0.4, 0.5) is 0 Å². The maximum absolute atomic E-state index is 13.2. The minimum absolute atomic E-state index is 0.0823. The van der Waals surface area contributed by atoms with Gasteiger partial charge in [-0.25, -0.2) is 0 Å². The first-order valence-corrected chi connectivity index (χ1v) is 12.3. The van der Waals surface area contributed by atoms with Crippen molar-refractivity contribution in [2.24, 2.45) is 23.2 Å². The molecule has 5 fully saturated rings. The number of amides is 3. The van der Waals surface area contributed by atoms with Gasteiger partial charge in [-0.15, -0.1) is 0 Å². The van der Waals surface area contributed by atoms with E-state index in [0.29, 0.717) is 23.3 Å². The van der Waals surface area contributed by atoms with E-state index in [-0.39, 0.29) is 41.8 Å². The van der Waals surface area contributed by atoms with Crippen LogP contribution < -0.4 is 5.32 Å². The predicted octanol–water partition coefficient (Wildman–Crippen LogP) is 3.80. The van der Waals surface area contributed by atoms with Gasteiger partial charge in [0, 0.05) is 18.2 Å². The van der Waals surface area contributed by atoms with Crippen molar-refractivity contribution in [3.05, 3.63) is 34.9 Å². The van der Waals surface area contributed by atoms with Crippen LogP contribution in [0.25, 0.3) is 0 Å². The quantitative estimate of drug-likeness (QED) is 0.713. The minimum Gasteiger partial charge on any atom is -0.376 e. The molecule has 0 spiro atoms. The Morgan fingerprint density at radius 1 is 1.09 bits per heavy atom. The van der Waals surface area contributed by atoms with Gasteiger partial charge in [-0.2, -0.15) is 0 Å². The third-order valence-electron chi connectivity index (χ3n) is 8.99. The minimum atomic E-state index is -0.315. The number of fused-ring (bicyclic) bond motifs is 1. The largest absolute Gasteiger partial charge is 0.376 e. The summed E-state index contributed by atoms with van der Waals surface area (Å²) in [6, 6.07) is 5.04. The van der Waals surface area contributed by atoms with Gasteiger partial charge in [0.25, 0.3) is 17.7 Å². The van der Waals surface area contributed by atoms with Crippen LogP contribution in [-0.4, -0.2) is 47.9 Å². The molecule has 170 valence electrons. The summed E-state index contributed by atoms with van der Waals surface area (Å²) in [5, 5.41) is 3.27. The summed E-state index contributed by atoms with van der Waals surface area (Å²) < 4.78 is 5.61. The summed E-state index contributed by atoms with van der Waals surface area (Å²) in [7, 11) is 0. The molecule has 6 heteroatoms. The van der Waals surface area contributed by atoms with Crippen LogP contribution in [0.1, 0.15) is 89.4 Å². The first kappa shape index (κ1) is 20.4. The Hall–Kier alpha value is -2.21. The summed E-state index contributed by atoms with van der Waals surface area (Å²) in [5.74, 6) is 1.75. The van der Waals surface area contributed by atoms with Gasteiger partial charge in [0.05, 0.1) is 23.8 Å². The highest BCUT2D eigenvalue weighted by Gasteiger charge is 2.53. The Morgan fingerprint density at radius 3 is 2.38 bits per heavy atom. The molecule has 1 N–H and O–H groups in total. The molecule has 6 nitrogen and oxygen atoms in total. The Kier molecular flexibility index (Phi) is 4.72. The molecule has 2 heterocycles. The molecule has 32 heavy (non-hydrogen) atoms. The van der Waals surface area contributed by atoms with E-state index in [1.165, 1.54) is 43.4 Å².